The molecule has 0 bridgehead atoms. The van der Waals surface area contributed by atoms with E-state index in [0.717, 1.165) is 35.6 Å². The molecule has 1 N–H and O–H groups in total. The van der Waals surface area contributed by atoms with E-state index in [1.165, 1.54) is 11.1 Å². The first-order chi connectivity index (χ1) is 13.1. The van der Waals surface area contributed by atoms with Crippen LogP contribution in [0.4, 0.5) is 0 Å². The molecule has 2 aliphatic heterocycles. The van der Waals surface area contributed by atoms with Crippen LogP contribution in [-0.4, -0.2) is 43.3 Å². The van der Waals surface area contributed by atoms with Gasteiger partial charge in [-0.15, -0.1) is 0 Å². The van der Waals surface area contributed by atoms with Gasteiger partial charge in [-0.2, -0.15) is 0 Å². The van der Waals surface area contributed by atoms with Crippen LogP contribution in [0.25, 0.3) is 0 Å². The Hall–Kier alpha value is -2.73. The number of methoxy groups -OCH3 is 1. The Labute approximate surface area is 159 Å². The molecular weight excluding hydrogens is 344 g/mol. The maximum absolute atomic E-state index is 9.69. The van der Waals surface area contributed by atoms with Crippen LogP contribution in [0.1, 0.15) is 34.7 Å². The summed E-state index contributed by atoms with van der Waals surface area (Å²) < 4.78 is 17.0. The van der Waals surface area contributed by atoms with Gasteiger partial charge in [0.25, 0.3) is 0 Å². The average Bonchev–Trinajstić information content (AvgIpc) is 3.15. The van der Waals surface area contributed by atoms with Gasteiger partial charge in [-0.25, -0.2) is 0 Å². The Kier molecular flexibility index (Phi) is 4.66. The Bertz CT molecular complexity index is 877. The quantitative estimate of drug-likeness (QED) is 0.508. The predicted octanol–water partition coefficient (Wildman–Crippen LogP) is 3.53. The number of likely N-dealkylation sites (N-methyl/N-ethyl adjacent to an activating group) is 1. The lowest BCUT2D eigenvalue weighted by Crippen LogP contribution is -2.34. The molecule has 4 rings (SSSR count). The molecule has 2 heterocycles. The van der Waals surface area contributed by atoms with Crippen LogP contribution in [0.2, 0.25) is 0 Å². The first-order valence-corrected chi connectivity index (χ1v) is 9.10. The number of hydrogen-bond acceptors (Lipinski definition) is 6. The lowest BCUT2D eigenvalue weighted by Gasteiger charge is -2.36. The van der Waals surface area contributed by atoms with Crippen molar-refractivity contribution in [3.8, 4) is 17.2 Å². The highest BCUT2D eigenvalue weighted by atomic mass is 16.7. The number of hydrogen-bond donors (Lipinski definition) is 1. The third kappa shape index (κ3) is 3.10. The monoisotopic (exact) mass is 368 g/mol. The minimum atomic E-state index is 0.0189. The second-order valence-corrected chi connectivity index (χ2v) is 7.08. The maximum Gasteiger partial charge on any atom is 0.231 e. The molecule has 2 aliphatic rings. The van der Waals surface area contributed by atoms with Crippen molar-refractivity contribution in [2.45, 2.75) is 25.8 Å². The fourth-order valence-electron chi connectivity index (χ4n) is 3.93. The summed E-state index contributed by atoms with van der Waals surface area (Å²) in [5.74, 6) is 2.12. The second kappa shape index (κ2) is 7.12. The van der Waals surface area contributed by atoms with Crippen molar-refractivity contribution in [3.05, 3.63) is 52.6 Å². The minimum Gasteiger partial charge on any atom is -0.492 e. The van der Waals surface area contributed by atoms with E-state index in [-0.39, 0.29) is 12.8 Å². The van der Waals surface area contributed by atoms with Crippen LogP contribution in [-0.2, 0) is 6.42 Å². The topological polar surface area (TPSA) is 63.5 Å². The highest BCUT2D eigenvalue weighted by Crippen LogP contribution is 2.50. The summed E-state index contributed by atoms with van der Waals surface area (Å²) in [5, 5.41) is 13.3. The maximum atomic E-state index is 9.69. The number of nitrogens with zero attached hydrogens (tertiary/aromatic N) is 2. The lowest BCUT2D eigenvalue weighted by atomic mass is 9.87. The van der Waals surface area contributed by atoms with E-state index >= 15 is 0 Å². The first-order valence-electron chi connectivity index (χ1n) is 9.10. The number of oxime groups is 1. The van der Waals surface area contributed by atoms with E-state index in [4.69, 9.17) is 14.2 Å². The number of aryl methyl sites for hydroxylation is 1. The molecule has 6 nitrogen and oxygen atoms in total. The Morgan fingerprint density at radius 2 is 2.07 bits per heavy atom. The molecular formula is C21H24N2O4. The zero-order valence-electron chi connectivity index (χ0n) is 15.9. The van der Waals surface area contributed by atoms with Gasteiger partial charge in [0.15, 0.2) is 11.5 Å². The van der Waals surface area contributed by atoms with Crippen LogP contribution in [0, 0.1) is 6.92 Å². The van der Waals surface area contributed by atoms with Gasteiger partial charge in [0.05, 0.1) is 12.8 Å². The highest BCUT2D eigenvalue weighted by Gasteiger charge is 2.34. The summed E-state index contributed by atoms with van der Waals surface area (Å²) in [4.78, 5) is 2.27. The molecule has 0 radical (unpaired) electrons. The first kappa shape index (κ1) is 17.7. The number of ether oxygens (including phenoxy) is 3. The molecule has 0 saturated heterocycles. The van der Waals surface area contributed by atoms with Crippen LogP contribution in [0.5, 0.6) is 17.2 Å². The van der Waals surface area contributed by atoms with E-state index < -0.39 is 0 Å². The highest BCUT2D eigenvalue weighted by molar-refractivity contribution is 6.00. The zero-order chi connectivity index (χ0) is 19.0. The molecule has 2 aromatic rings. The third-order valence-electron chi connectivity index (χ3n) is 5.44. The molecule has 27 heavy (non-hydrogen) atoms. The normalized spacial score (nSPS) is 19.1. The summed E-state index contributed by atoms with van der Waals surface area (Å²) in [6, 6.07) is 10.1. The molecule has 0 amide bonds. The van der Waals surface area contributed by atoms with Gasteiger partial charge in [0.2, 0.25) is 12.5 Å². The van der Waals surface area contributed by atoms with Gasteiger partial charge in [-0.05, 0) is 37.6 Å². The van der Waals surface area contributed by atoms with Gasteiger partial charge in [0, 0.05) is 24.6 Å². The van der Waals surface area contributed by atoms with Crippen LogP contribution < -0.4 is 14.2 Å². The van der Waals surface area contributed by atoms with Gasteiger partial charge in [-0.3, -0.25) is 4.90 Å². The molecule has 142 valence electrons. The Morgan fingerprint density at radius 3 is 2.78 bits per heavy atom. The van der Waals surface area contributed by atoms with Crippen LogP contribution >= 0.6 is 0 Å². The fourth-order valence-corrected chi connectivity index (χ4v) is 3.93. The van der Waals surface area contributed by atoms with E-state index in [9.17, 15) is 5.21 Å². The fraction of sp³-hybridized carbons (Fsp3) is 0.381. The van der Waals surface area contributed by atoms with Crippen molar-refractivity contribution < 1.29 is 19.4 Å². The SMILES string of the molecule is COc1c2c(cc3c1[C@@H](CC(=NO)c1ccc(C)cc1)N(C)CC3)OCO2. The van der Waals surface area contributed by atoms with Crippen molar-refractivity contribution in [1.82, 2.24) is 4.90 Å². The van der Waals surface area contributed by atoms with Crippen molar-refractivity contribution >= 4 is 5.71 Å². The minimum absolute atomic E-state index is 0.0189. The van der Waals surface area contributed by atoms with E-state index in [1.807, 2.05) is 31.2 Å². The molecule has 2 aromatic carbocycles. The van der Waals surface area contributed by atoms with Crippen molar-refractivity contribution in [3.63, 3.8) is 0 Å². The molecule has 6 heteroatoms. The Balaban J connectivity index is 1.75. The predicted molar refractivity (Wildman–Crippen MR) is 102 cm³/mol. The molecule has 0 fully saturated rings. The summed E-state index contributed by atoms with van der Waals surface area (Å²) in [5.41, 5.74) is 5.03. The average molecular weight is 368 g/mol. The van der Waals surface area contributed by atoms with Crippen LogP contribution in [0.3, 0.4) is 0 Å². The standard InChI is InChI=1S/C21H24N2O4/c1-13-4-6-14(7-5-13)16(22-24)11-17-19-15(8-9-23(17)2)10-18-20(21(19)25-3)27-12-26-18/h4-7,10,17,24H,8-9,11-12H2,1-3H3/t17-/m1/s1. The lowest BCUT2D eigenvalue weighted by molar-refractivity contribution is 0.170. The molecule has 0 aromatic heterocycles. The van der Waals surface area contributed by atoms with Crippen molar-refractivity contribution in [1.29, 1.82) is 0 Å². The number of rotatable bonds is 4. The second-order valence-electron chi connectivity index (χ2n) is 7.08. The molecule has 0 aliphatic carbocycles. The van der Waals surface area contributed by atoms with E-state index in [1.54, 1.807) is 7.11 Å². The van der Waals surface area contributed by atoms with E-state index in [0.29, 0.717) is 17.9 Å². The van der Waals surface area contributed by atoms with Crippen LogP contribution in [0.15, 0.2) is 35.5 Å². The van der Waals surface area contributed by atoms with Gasteiger partial charge < -0.3 is 19.4 Å². The summed E-state index contributed by atoms with van der Waals surface area (Å²) in [7, 11) is 3.74. The van der Waals surface area contributed by atoms with Gasteiger partial charge >= 0.3 is 0 Å². The van der Waals surface area contributed by atoms with Gasteiger partial charge in [0.1, 0.15) is 0 Å². The smallest absolute Gasteiger partial charge is 0.231 e. The third-order valence-corrected chi connectivity index (χ3v) is 5.44. The largest absolute Gasteiger partial charge is 0.492 e. The molecule has 0 spiro atoms. The number of fused-ring (bicyclic) bond motifs is 2. The van der Waals surface area contributed by atoms with Gasteiger partial charge in [-0.1, -0.05) is 35.0 Å². The summed E-state index contributed by atoms with van der Waals surface area (Å²) >= 11 is 0. The van der Waals surface area contributed by atoms with E-state index in [2.05, 4.69) is 23.2 Å². The zero-order valence-corrected chi connectivity index (χ0v) is 15.9. The number of benzene rings is 2. The van der Waals surface area contributed by atoms with Crippen molar-refractivity contribution in [2.75, 3.05) is 27.5 Å². The molecule has 1 atom stereocenters. The summed E-state index contributed by atoms with van der Waals surface area (Å²) in [6.45, 7) is 3.16. The van der Waals surface area contributed by atoms with Crippen molar-refractivity contribution in [2.24, 2.45) is 5.16 Å². The molecule has 0 unspecified atom stereocenters. The Morgan fingerprint density at radius 1 is 1.30 bits per heavy atom. The summed E-state index contributed by atoms with van der Waals surface area (Å²) in [6.07, 6.45) is 1.48. The molecule has 0 saturated carbocycles.